The minimum absolute atomic E-state index is 0.104. The molecule has 1 aromatic heterocycles. The Kier molecular flexibility index (Phi) is 11.2. The van der Waals surface area contributed by atoms with Gasteiger partial charge in [0.05, 0.1) is 11.4 Å². The third kappa shape index (κ3) is 8.28. The highest BCUT2D eigenvalue weighted by Gasteiger charge is 2.19. The molecule has 3 rings (SSSR count). The number of thioether (sulfide) groups is 1. The summed E-state index contributed by atoms with van der Waals surface area (Å²) in [5.41, 5.74) is 13.3. The molecule has 0 bridgehead atoms. The van der Waals surface area contributed by atoms with Crippen molar-refractivity contribution in [3.63, 3.8) is 0 Å². The topological polar surface area (TPSA) is 141 Å². The number of carbonyl (C=O) groups is 2. The van der Waals surface area contributed by atoms with E-state index in [0.29, 0.717) is 41.8 Å². The van der Waals surface area contributed by atoms with E-state index in [1.54, 1.807) is 24.3 Å². The third-order valence-electron chi connectivity index (χ3n) is 6.65. The SMILES string of the molecule is CCc1c(CC2CCCCC2)nc(SCC(=O)c2ccc(OC(=O)C(N)CCCCN)cc2)[nH]c1=O. The van der Waals surface area contributed by atoms with Gasteiger partial charge in [0.1, 0.15) is 11.8 Å². The quantitative estimate of drug-likeness (QED) is 0.0915. The Morgan fingerprint density at radius 1 is 1.17 bits per heavy atom. The van der Waals surface area contributed by atoms with Crippen molar-refractivity contribution in [2.24, 2.45) is 17.4 Å². The van der Waals surface area contributed by atoms with Crippen LogP contribution in [0.5, 0.6) is 5.75 Å². The zero-order valence-electron chi connectivity index (χ0n) is 21.1. The first-order chi connectivity index (χ1) is 17.4. The summed E-state index contributed by atoms with van der Waals surface area (Å²) in [5, 5.41) is 0.477. The van der Waals surface area contributed by atoms with Crippen LogP contribution in [-0.4, -0.2) is 40.1 Å². The number of ether oxygens (including phenoxy) is 1. The molecule has 1 saturated carbocycles. The molecule has 0 saturated heterocycles. The number of hydrogen-bond acceptors (Lipinski definition) is 8. The zero-order chi connectivity index (χ0) is 25.9. The lowest BCUT2D eigenvalue weighted by Gasteiger charge is -2.22. The van der Waals surface area contributed by atoms with Gasteiger partial charge in [0.15, 0.2) is 10.9 Å². The second kappa shape index (κ2) is 14.3. The molecule has 0 radical (unpaired) electrons. The number of hydrogen-bond donors (Lipinski definition) is 3. The standard InChI is InChI=1S/C27H38N4O4S/c1-2-21-23(16-18-8-4-3-5-9-18)30-27(31-25(21)33)36-17-24(32)19-11-13-20(14-12-19)35-26(34)22(29)10-6-7-15-28/h11-14,18,22H,2-10,15-17,28-29H2,1H3,(H,30,31,33). The Morgan fingerprint density at radius 2 is 1.89 bits per heavy atom. The molecule has 1 unspecified atom stereocenters. The predicted molar refractivity (Wildman–Crippen MR) is 143 cm³/mol. The summed E-state index contributed by atoms with van der Waals surface area (Å²) in [6, 6.07) is 5.71. The molecule has 1 fully saturated rings. The number of benzene rings is 1. The third-order valence-corrected chi connectivity index (χ3v) is 7.52. The molecular formula is C27H38N4O4S. The molecule has 8 nitrogen and oxygen atoms in total. The van der Waals surface area contributed by atoms with Crippen LogP contribution in [0.1, 0.15) is 79.9 Å². The molecule has 9 heteroatoms. The van der Waals surface area contributed by atoms with Gasteiger partial charge in [-0.15, -0.1) is 0 Å². The maximum absolute atomic E-state index is 12.7. The van der Waals surface area contributed by atoms with Crippen LogP contribution >= 0.6 is 11.8 Å². The molecule has 1 atom stereocenters. The Morgan fingerprint density at radius 3 is 2.56 bits per heavy atom. The number of aromatic nitrogens is 2. The van der Waals surface area contributed by atoms with Crippen LogP contribution in [0.25, 0.3) is 0 Å². The molecule has 1 aliphatic rings. The molecule has 1 aromatic carbocycles. The van der Waals surface area contributed by atoms with E-state index in [0.717, 1.165) is 30.5 Å². The fraction of sp³-hybridized carbons (Fsp3) is 0.556. The Labute approximate surface area is 217 Å². The molecule has 5 N–H and O–H groups in total. The Balaban J connectivity index is 1.57. The average molecular weight is 515 g/mol. The Bertz CT molecular complexity index is 1060. The molecule has 2 aromatic rings. The van der Waals surface area contributed by atoms with Gasteiger partial charge in [-0.3, -0.25) is 9.59 Å². The first-order valence-corrected chi connectivity index (χ1v) is 13.9. The van der Waals surface area contributed by atoms with Gasteiger partial charge in [0, 0.05) is 11.1 Å². The van der Waals surface area contributed by atoms with Crippen molar-refractivity contribution in [1.29, 1.82) is 0 Å². The molecule has 0 amide bonds. The number of H-pyrrole nitrogens is 1. The summed E-state index contributed by atoms with van der Waals surface area (Å²) >= 11 is 1.23. The van der Waals surface area contributed by atoms with Crippen LogP contribution in [0.15, 0.2) is 34.2 Å². The normalized spacial score (nSPS) is 15.0. The van der Waals surface area contributed by atoms with Crippen molar-refractivity contribution < 1.29 is 14.3 Å². The van der Waals surface area contributed by atoms with Gasteiger partial charge in [-0.2, -0.15) is 0 Å². The van der Waals surface area contributed by atoms with Crippen LogP contribution in [0.2, 0.25) is 0 Å². The first kappa shape index (κ1) is 28.1. The maximum Gasteiger partial charge on any atom is 0.328 e. The minimum Gasteiger partial charge on any atom is -0.425 e. The van der Waals surface area contributed by atoms with Crippen molar-refractivity contribution >= 4 is 23.5 Å². The summed E-state index contributed by atoms with van der Waals surface area (Å²) < 4.78 is 5.32. The van der Waals surface area contributed by atoms with Gasteiger partial charge in [-0.05, 0) is 62.4 Å². The van der Waals surface area contributed by atoms with Crippen LogP contribution < -0.4 is 21.8 Å². The smallest absolute Gasteiger partial charge is 0.328 e. The van der Waals surface area contributed by atoms with E-state index in [1.807, 2.05) is 6.92 Å². The lowest BCUT2D eigenvalue weighted by molar-refractivity contribution is -0.136. The van der Waals surface area contributed by atoms with Crippen molar-refractivity contribution in [3.05, 3.63) is 51.4 Å². The molecule has 1 aliphatic carbocycles. The average Bonchev–Trinajstić information content (AvgIpc) is 2.88. The van der Waals surface area contributed by atoms with Crippen molar-refractivity contribution in [1.82, 2.24) is 9.97 Å². The van der Waals surface area contributed by atoms with Gasteiger partial charge >= 0.3 is 5.97 Å². The van der Waals surface area contributed by atoms with Crippen LogP contribution in [0, 0.1) is 5.92 Å². The highest BCUT2D eigenvalue weighted by molar-refractivity contribution is 7.99. The monoisotopic (exact) mass is 514 g/mol. The molecular weight excluding hydrogens is 476 g/mol. The molecule has 0 spiro atoms. The van der Waals surface area contributed by atoms with Gasteiger partial charge in [-0.25, -0.2) is 9.78 Å². The fourth-order valence-corrected chi connectivity index (χ4v) is 5.31. The van der Waals surface area contributed by atoms with Crippen LogP contribution in [-0.2, 0) is 17.6 Å². The van der Waals surface area contributed by atoms with E-state index in [2.05, 4.69) is 4.98 Å². The van der Waals surface area contributed by atoms with Gasteiger partial charge < -0.3 is 21.2 Å². The fourth-order valence-electron chi connectivity index (χ4n) is 4.53. The zero-order valence-corrected chi connectivity index (χ0v) is 21.9. The number of ketones is 1. The molecule has 196 valence electrons. The second-order valence-corrected chi connectivity index (χ2v) is 10.4. The number of nitrogens with zero attached hydrogens (tertiary/aromatic N) is 1. The van der Waals surface area contributed by atoms with Gasteiger partial charge in [0.2, 0.25) is 0 Å². The van der Waals surface area contributed by atoms with E-state index >= 15 is 0 Å². The van der Waals surface area contributed by atoms with E-state index in [4.69, 9.17) is 21.2 Å². The maximum atomic E-state index is 12.7. The second-order valence-electron chi connectivity index (χ2n) is 9.41. The minimum atomic E-state index is -0.703. The van der Waals surface area contributed by atoms with Crippen LogP contribution in [0.4, 0.5) is 0 Å². The Hall–Kier alpha value is -2.49. The van der Waals surface area contributed by atoms with Crippen molar-refractivity contribution in [2.75, 3.05) is 12.3 Å². The van der Waals surface area contributed by atoms with Crippen molar-refractivity contribution in [3.8, 4) is 5.75 Å². The number of esters is 1. The van der Waals surface area contributed by atoms with E-state index < -0.39 is 12.0 Å². The summed E-state index contributed by atoms with van der Waals surface area (Å²) in [5.74, 6) is 0.448. The van der Waals surface area contributed by atoms with Gasteiger partial charge in [-0.1, -0.05) is 57.2 Å². The summed E-state index contributed by atoms with van der Waals surface area (Å²) in [7, 11) is 0. The van der Waals surface area contributed by atoms with Gasteiger partial charge in [0.25, 0.3) is 5.56 Å². The number of rotatable bonds is 13. The van der Waals surface area contributed by atoms with Crippen molar-refractivity contribution in [2.45, 2.75) is 82.3 Å². The number of carbonyl (C=O) groups excluding carboxylic acids is 2. The molecule has 1 heterocycles. The summed E-state index contributed by atoms with van der Waals surface area (Å²) in [6.07, 6.45) is 9.70. The highest BCUT2D eigenvalue weighted by atomic mass is 32.2. The molecule has 0 aliphatic heterocycles. The number of unbranched alkanes of at least 4 members (excludes halogenated alkanes) is 1. The lowest BCUT2D eigenvalue weighted by Crippen LogP contribution is -2.34. The first-order valence-electron chi connectivity index (χ1n) is 13.0. The van der Waals surface area contributed by atoms with E-state index in [-0.39, 0.29) is 17.1 Å². The number of Topliss-reactive ketones (excluding diaryl/α,β-unsaturated/α-hetero) is 1. The number of aromatic amines is 1. The predicted octanol–water partition coefficient (Wildman–Crippen LogP) is 3.79. The summed E-state index contributed by atoms with van der Waals surface area (Å²) in [4.78, 5) is 45.1. The van der Waals surface area contributed by atoms with E-state index in [1.165, 1.54) is 43.9 Å². The lowest BCUT2D eigenvalue weighted by atomic mass is 9.85. The van der Waals surface area contributed by atoms with E-state index in [9.17, 15) is 14.4 Å². The van der Waals surface area contributed by atoms with Crippen LogP contribution in [0.3, 0.4) is 0 Å². The molecule has 36 heavy (non-hydrogen) atoms. The number of nitrogens with two attached hydrogens (primary N) is 2. The largest absolute Gasteiger partial charge is 0.425 e. The summed E-state index contributed by atoms with van der Waals surface area (Å²) in [6.45, 7) is 2.54. The number of nitrogens with one attached hydrogen (secondary N) is 1. The highest BCUT2D eigenvalue weighted by Crippen LogP contribution is 2.27.